The molecule has 1 aliphatic rings. The molecule has 0 radical (unpaired) electrons. The van der Waals surface area contributed by atoms with Crippen LogP contribution in [-0.4, -0.2) is 37.6 Å². The number of aryl methyl sites for hydroxylation is 1. The van der Waals surface area contributed by atoms with Crippen LogP contribution < -0.4 is 11.1 Å². The predicted molar refractivity (Wildman–Crippen MR) is 119 cm³/mol. The van der Waals surface area contributed by atoms with E-state index in [1.54, 1.807) is 13.8 Å². The SMILES string of the molecule is CCN(CC)S(=O)(=O)c1ccc(C(=O)Nc2sc3c(c2C(N)=O)CCCCC3)cc1. The number of rotatable bonds is 7. The zero-order valence-electron chi connectivity index (χ0n) is 17.2. The van der Waals surface area contributed by atoms with Crippen molar-refractivity contribution in [2.75, 3.05) is 18.4 Å². The van der Waals surface area contributed by atoms with Gasteiger partial charge in [-0.25, -0.2) is 8.42 Å². The Labute approximate surface area is 181 Å². The van der Waals surface area contributed by atoms with Crippen LogP contribution in [0.3, 0.4) is 0 Å². The molecule has 0 bridgehead atoms. The number of carbonyl (C=O) groups excluding carboxylic acids is 2. The molecule has 1 aliphatic carbocycles. The Kier molecular flexibility index (Phi) is 6.95. The Morgan fingerprint density at radius 2 is 1.70 bits per heavy atom. The Bertz CT molecular complexity index is 1040. The quantitative estimate of drug-likeness (QED) is 0.631. The van der Waals surface area contributed by atoms with E-state index in [2.05, 4.69) is 5.32 Å². The molecule has 1 heterocycles. The zero-order chi connectivity index (χ0) is 21.9. The van der Waals surface area contributed by atoms with Crippen LogP contribution in [0.1, 0.15) is 64.3 Å². The maximum Gasteiger partial charge on any atom is 0.256 e. The molecule has 162 valence electrons. The molecular weight excluding hydrogens is 422 g/mol. The van der Waals surface area contributed by atoms with E-state index in [-0.39, 0.29) is 4.90 Å². The van der Waals surface area contributed by atoms with Crippen molar-refractivity contribution < 1.29 is 18.0 Å². The van der Waals surface area contributed by atoms with E-state index in [1.807, 2.05) is 0 Å². The van der Waals surface area contributed by atoms with Crippen molar-refractivity contribution in [2.45, 2.75) is 50.8 Å². The highest BCUT2D eigenvalue weighted by Crippen LogP contribution is 2.37. The molecule has 3 N–H and O–H groups in total. The van der Waals surface area contributed by atoms with Crippen LogP contribution >= 0.6 is 11.3 Å². The minimum atomic E-state index is -3.58. The van der Waals surface area contributed by atoms with Crippen LogP contribution in [0.4, 0.5) is 5.00 Å². The molecule has 0 fully saturated rings. The molecule has 0 spiro atoms. The van der Waals surface area contributed by atoms with E-state index in [9.17, 15) is 18.0 Å². The summed E-state index contributed by atoms with van der Waals surface area (Å²) in [5.74, 6) is -0.939. The van der Waals surface area contributed by atoms with Gasteiger partial charge >= 0.3 is 0 Å². The summed E-state index contributed by atoms with van der Waals surface area (Å²) in [6, 6.07) is 5.82. The monoisotopic (exact) mass is 449 g/mol. The normalized spacial score (nSPS) is 14.2. The molecule has 0 unspecified atom stereocenters. The third-order valence-corrected chi connectivity index (χ3v) is 8.63. The van der Waals surface area contributed by atoms with Crippen LogP contribution in [0, 0.1) is 0 Å². The van der Waals surface area contributed by atoms with Crippen LogP contribution in [0.2, 0.25) is 0 Å². The number of amides is 2. The fraction of sp³-hybridized carbons (Fsp3) is 0.429. The summed E-state index contributed by atoms with van der Waals surface area (Å²) in [5, 5.41) is 3.28. The van der Waals surface area contributed by atoms with E-state index in [1.165, 1.54) is 39.9 Å². The van der Waals surface area contributed by atoms with Crippen molar-refractivity contribution >= 4 is 38.2 Å². The van der Waals surface area contributed by atoms with Crippen molar-refractivity contribution in [1.29, 1.82) is 0 Å². The van der Waals surface area contributed by atoms with E-state index in [0.717, 1.165) is 42.5 Å². The highest BCUT2D eigenvalue weighted by molar-refractivity contribution is 7.89. The van der Waals surface area contributed by atoms with Gasteiger partial charge in [0.1, 0.15) is 5.00 Å². The van der Waals surface area contributed by atoms with Gasteiger partial charge < -0.3 is 11.1 Å². The third kappa shape index (κ3) is 4.43. The molecule has 1 aromatic carbocycles. The Morgan fingerprint density at radius 1 is 1.07 bits per heavy atom. The van der Waals surface area contributed by atoms with E-state index in [4.69, 9.17) is 5.73 Å². The smallest absolute Gasteiger partial charge is 0.256 e. The van der Waals surface area contributed by atoms with Gasteiger partial charge in [0, 0.05) is 23.5 Å². The Morgan fingerprint density at radius 3 is 2.30 bits per heavy atom. The average molecular weight is 450 g/mol. The van der Waals surface area contributed by atoms with Crippen molar-refractivity contribution in [3.8, 4) is 0 Å². The minimum absolute atomic E-state index is 0.142. The van der Waals surface area contributed by atoms with Crippen LogP contribution in [-0.2, 0) is 22.9 Å². The number of benzene rings is 1. The van der Waals surface area contributed by atoms with Crippen LogP contribution in [0.25, 0.3) is 0 Å². The van der Waals surface area contributed by atoms with Gasteiger partial charge in [-0.2, -0.15) is 4.31 Å². The van der Waals surface area contributed by atoms with E-state index in [0.29, 0.717) is 29.2 Å². The molecule has 2 amide bonds. The summed E-state index contributed by atoms with van der Waals surface area (Å²) >= 11 is 1.41. The Hall–Kier alpha value is -2.23. The van der Waals surface area contributed by atoms with Gasteiger partial charge in [0.15, 0.2) is 0 Å². The van der Waals surface area contributed by atoms with Crippen molar-refractivity contribution in [1.82, 2.24) is 4.31 Å². The van der Waals surface area contributed by atoms with E-state index >= 15 is 0 Å². The van der Waals surface area contributed by atoms with Crippen molar-refractivity contribution in [3.63, 3.8) is 0 Å². The molecule has 3 rings (SSSR count). The number of hydrogen-bond acceptors (Lipinski definition) is 5. The van der Waals surface area contributed by atoms with Crippen molar-refractivity contribution in [2.24, 2.45) is 5.73 Å². The summed E-state index contributed by atoms with van der Waals surface area (Å²) in [4.78, 5) is 26.1. The number of nitrogens with zero attached hydrogens (tertiary/aromatic N) is 1. The highest BCUT2D eigenvalue weighted by atomic mass is 32.2. The first kappa shape index (κ1) is 22.5. The lowest BCUT2D eigenvalue weighted by Gasteiger charge is -2.18. The number of primary amides is 1. The van der Waals surface area contributed by atoms with Crippen LogP contribution in [0.15, 0.2) is 29.2 Å². The topological polar surface area (TPSA) is 110 Å². The second kappa shape index (κ2) is 9.28. The summed E-state index contributed by atoms with van der Waals surface area (Å²) in [6.45, 7) is 4.31. The van der Waals surface area contributed by atoms with Crippen molar-refractivity contribution in [3.05, 3.63) is 45.8 Å². The number of thiophene rings is 1. The maximum absolute atomic E-state index is 12.8. The van der Waals surface area contributed by atoms with Gasteiger partial charge in [-0.05, 0) is 55.5 Å². The summed E-state index contributed by atoms with van der Waals surface area (Å²) in [6.07, 6.45) is 4.84. The number of nitrogens with one attached hydrogen (secondary N) is 1. The number of sulfonamides is 1. The molecule has 9 heteroatoms. The van der Waals surface area contributed by atoms with Gasteiger partial charge in [0.2, 0.25) is 10.0 Å². The lowest BCUT2D eigenvalue weighted by molar-refractivity contribution is 0.100. The molecule has 0 aliphatic heterocycles. The predicted octanol–water partition coefficient (Wildman–Crippen LogP) is 3.40. The van der Waals surface area contributed by atoms with Gasteiger partial charge in [-0.1, -0.05) is 20.3 Å². The van der Waals surface area contributed by atoms with Crippen LogP contribution in [0.5, 0.6) is 0 Å². The molecule has 2 aromatic rings. The first-order chi connectivity index (χ1) is 14.3. The number of nitrogens with two attached hydrogens (primary N) is 1. The minimum Gasteiger partial charge on any atom is -0.365 e. The standard InChI is InChI=1S/C21H27N3O4S2/c1-3-24(4-2)30(27,28)15-12-10-14(11-13-15)20(26)23-21-18(19(22)25)16-8-6-5-7-9-17(16)29-21/h10-13H,3-9H2,1-2H3,(H2,22,25)(H,23,26). The fourth-order valence-electron chi connectivity index (χ4n) is 3.76. The van der Waals surface area contributed by atoms with Gasteiger partial charge in [0.25, 0.3) is 11.8 Å². The van der Waals surface area contributed by atoms with E-state index < -0.39 is 21.8 Å². The van der Waals surface area contributed by atoms with Gasteiger partial charge in [0.05, 0.1) is 10.5 Å². The highest BCUT2D eigenvalue weighted by Gasteiger charge is 2.25. The molecule has 7 nitrogen and oxygen atoms in total. The molecular formula is C21H27N3O4S2. The second-order valence-electron chi connectivity index (χ2n) is 7.20. The zero-order valence-corrected chi connectivity index (χ0v) is 18.9. The summed E-state index contributed by atoms with van der Waals surface area (Å²) in [7, 11) is -3.58. The number of anilines is 1. The first-order valence-corrected chi connectivity index (χ1v) is 12.4. The Balaban J connectivity index is 1.84. The maximum atomic E-state index is 12.8. The molecule has 0 atom stereocenters. The lowest BCUT2D eigenvalue weighted by Crippen LogP contribution is -2.30. The average Bonchev–Trinajstić information content (AvgIpc) is 2.89. The molecule has 30 heavy (non-hydrogen) atoms. The number of fused-ring (bicyclic) bond motifs is 1. The summed E-state index contributed by atoms with van der Waals surface area (Å²) in [5.41, 5.74) is 7.30. The fourth-order valence-corrected chi connectivity index (χ4v) is 6.51. The second-order valence-corrected chi connectivity index (χ2v) is 10.2. The van der Waals surface area contributed by atoms with Gasteiger partial charge in [-0.3, -0.25) is 9.59 Å². The molecule has 1 aromatic heterocycles. The number of carbonyl (C=O) groups is 2. The largest absolute Gasteiger partial charge is 0.365 e. The number of hydrogen-bond donors (Lipinski definition) is 2. The molecule has 0 saturated carbocycles. The lowest BCUT2D eigenvalue weighted by atomic mass is 10.1. The third-order valence-electron chi connectivity index (χ3n) is 5.35. The molecule has 0 saturated heterocycles. The summed E-state index contributed by atoms with van der Waals surface area (Å²) < 4.78 is 26.6. The first-order valence-electron chi connectivity index (χ1n) is 10.2. The van der Waals surface area contributed by atoms with Gasteiger partial charge in [-0.15, -0.1) is 11.3 Å².